The Morgan fingerprint density at radius 1 is 1.04 bits per heavy atom. The van der Waals surface area contributed by atoms with E-state index in [9.17, 15) is 0 Å². The van der Waals surface area contributed by atoms with Crippen LogP contribution in [0.4, 0.5) is 5.69 Å². The molecule has 1 unspecified atom stereocenters. The van der Waals surface area contributed by atoms with E-state index in [1.54, 1.807) is 0 Å². The van der Waals surface area contributed by atoms with E-state index in [0.717, 1.165) is 6.42 Å². The fourth-order valence-electron chi connectivity index (χ4n) is 3.85. The van der Waals surface area contributed by atoms with Crippen molar-refractivity contribution >= 4 is 11.8 Å². The summed E-state index contributed by atoms with van der Waals surface area (Å²) in [4.78, 5) is 2.17. The van der Waals surface area contributed by atoms with Crippen molar-refractivity contribution in [2.24, 2.45) is 0 Å². The van der Waals surface area contributed by atoms with Gasteiger partial charge in [-0.25, -0.2) is 0 Å². The molecular weight excluding hydrogens is 278 g/mol. The smallest absolute Gasteiger partial charge is 0.0363 e. The molecule has 0 spiro atoms. The normalized spacial score (nSPS) is 16.5. The molecule has 1 aliphatic rings. The first-order chi connectivity index (χ1) is 10.9. The van der Waals surface area contributed by atoms with Crippen LogP contribution in [0.1, 0.15) is 48.4 Å². The summed E-state index contributed by atoms with van der Waals surface area (Å²) < 4.78 is 0. The van der Waals surface area contributed by atoms with Gasteiger partial charge in [0.1, 0.15) is 0 Å². The van der Waals surface area contributed by atoms with Crippen molar-refractivity contribution in [2.45, 2.75) is 38.5 Å². The van der Waals surface area contributed by atoms with Crippen molar-refractivity contribution in [3.63, 3.8) is 0 Å². The van der Waals surface area contributed by atoms with Crippen LogP contribution in [-0.2, 0) is 5.41 Å². The van der Waals surface area contributed by atoms with Crippen LogP contribution < -0.4 is 4.90 Å². The second kappa shape index (κ2) is 5.88. The van der Waals surface area contributed by atoms with E-state index in [1.807, 2.05) is 0 Å². The van der Waals surface area contributed by atoms with E-state index in [-0.39, 0.29) is 5.41 Å². The molecular formula is C22H27N. The minimum atomic E-state index is 0.154. The summed E-state index contributed by atoms with van der Waals surface area (Å²) >= 11 is 0. The number of fused-ring (bicyclic) bond motifs is 1. The van der Waals surface area contributed by atoms with Gasteiger partial charge in [0.25, 0.3) is 0 Å². The van der Waals surface area contributed by atoms with Crippen LogP contribution in [0.25, 0.3) is 6.08 Å². The lowest BCUT2D eigenvalue weighted by Gasteiger charge is -2.31. The zero-order valence-corrected chi connectivity index (χ0v) is 14.9. The number of aryl methyl sites for hydroxylation is 1. The highest BCUT2D eigenvalue weighted by atomic mass is 15.1. The number of nitrogens with zero attached hydrogens (tertiary/aromatic N) is 1. The maximum absolute atomic E-state index is 2.37. The number of hydrogen-bond acceptors (Lipinski definition) is 1. The second-order valence-electron chi connectivity index (χ2n) is 7.58. The van der Waals surface area contributed by atoms with Crippen LogP contribution in [0.15, 0.2) is 48.5 Å². The first-order valence-electron chi connectivity index (χ1n) is 8.44. The van der Waals surface area contributed by atoms with Gasteiger partial charge in [-0.15, -0.1) is 0 Å². The maximum atomic E-state index is 2.37. The summed E-state index contributed by atoms with van der Waals surface area (Å²) in [5.41, 5.74) is 7.13. The lowest BCUT2D eigenvalue weighted by atomic mass is 9.74. The summed E-state index contributed by atoms with van der Waals surface area (Å²) in [7, 11) is 4.19. The van der Waals surface area contributed by atoms with Gasteiger partial charge < -0.3 is 4.90 Å². The molecule has 0 saturated carbocycles. The standard InChI is InChI=1S/C22H27N/c1-16-14-19(23(4)5)12-13-21(16)22(2,3)15-18-11-10-17-8-6-7-9-20(17)18/h6-14,18H,15H2,1-5H3. The molecule has 0 N–H and O–H groups in total. The number of allylic oxidation sites excluding steroid dienone is 1. The molecule has 120 valence electrons. The Balaban J connectivity index is 1.87. The molecule has 1 heteroatoms. The van der Waals surface area contributed by atoms with E-state index in [4.69, 9.17) is 0 Å². The Kier molecular flexibility index (Phi) is 4.06. The molecule has 0 saturated heterocycles. The van der Waals surface area contributed by atoms with Gasteiger partial charge in [-0.05, 0) is 53.1 Å². The Labute approximate surface area is 140 Å². The fraction of sp³-hybridized carbons (Fsp3) is 0.364. The molecule has 0 amide bonds. The number of hydrogen-bond donors (Lipinski definition) is 0. The monoisotopic (exact) mass is 305 g/mol. The molecule has 0 radical (unpaired) electrons. The van der Waals surface area contributed by atoms with Crippen molar-refractivity contribution in [3.8, 4) is 0 Å². The van der Waals surface area contributed by atoms with E-state index < -0.39 is 0 Å². The largest absolute Gasteiger partial charge is 0.378 e. The zero-order chi connectivity index (χ0) is 16.6. The van der Waals surface area contributed by atoms with Crippen molar-refractivity contribution in [2.75, 3.05) is 19.0 Å². The SMILES string of the molecule is Cc1cc(N(C)C)ccc1C(C)(C)CC1C=Cc2ccccc21. The quantitative estimate of drug-likeness (QED) is 0.717. The molecule has 0 bridgehead atoms. The molecule has 0 aromatic heterocycles. The Hall–Kier alpha value is -2.02. The van der Waals surface area contributed by atoms with Crippen LogP contribution >= 0.6 is 0 Å². The topological polar surface area (TPSA) is 3.24 Å². The Morgan fingerprint density at radius 2 is 1.78 bits per heavy atom. The second-order valence-corrected chi connectivity index (χ2v) is 7.58. The Bertz CT molecular complexity index is 737. The van der Waals surface area contributed by atoms with E-state index in [1.165, 1.54) is 27.9 Å². The highest BCUT2D eigenvalue weighted by Crippen LogP contribution is 2.41. The van der Waals surface area contributed by atoms with Crippen LogP contribution in [0.3, 0.4) is 0 Å². The minimum Gasteiger partial charge on any atom is -0.378 e. The molecule has 0 fully saturated rings. The van der Waals surface area contributed by atoms with Gasteiger partial charge in [0.05, 0.1) is 0 Å². The number of rotatable bonds is 4. The third kappa shape index (κ3) is 3.06. The van der Waals surface area contributed by atoms with Crippen molar-refractivity contribution < 1.29 is 0 Å². The molecule has 2 aromatic rings. The third-order valence-electron chi connectivity index (χ3n) is 5.09. The van der Waals surface area contributed by atoms with Crippen LogP contribution in [0, 0.1) is 6.92 Å². The van der Waals surface area contributed by atoms with Gasteiger partial charge in [-0.2, -0.15) is 0 Å². The average molecular weight is 305 g/mol. The number of benzene rings is 2. The summed E-state index contributed by atoms with van der Waals surface area (Å²) in [5.74, 6) is 0.522. The van der Waals surface area contributed by atoms with Gasteiger partial charge >= 0.3 is 0 Å². The van der Waals surface area contributed by atoms with Crippen LogP contribution in [0.5, 0.6) is 0 Å². The highest BCUT2D eigenvalue weighted by Gasteiger charge is 2.29. The maximum Gasteiger partial charge on any atom is 0.0363 e. The van der Waals surface area contributed by atoms with Gasteiger partial charge in [-0.3, -0.25) is 0 Å². The van der Waals surface area contributed by atoms with Crippen molar-refractivity contribution in [1.82, 2.24) is 0 Å². The molecule has 2 aromatic carbocycles. The first-order valence-corrected chi connectivity index (χ1v) is 8.44. The van der Waals surface area contributed by atoms with Gasteiger partial charge in [0.15, 0.2) is 0 Å². The third-order valence-corrected chi connectivity index (χ3v) is 5.09. The van der Waals surface area contributed by atoms with Gasteiger partial charge in [0, 0.05) is 25.7 Å². The average Bonchev–Trinajstić information content (AvgIpc) is 2.89. The summed E-state index contributed by atoms with van der Waals surface area (Å²) in [6.45, 7) is 6.99. The van der Waals surface area contributed by atoms with E-state index in [2.05, 4.69) is 94.4 Å². The molecule has 3 rings (SSSR count). The molecule has 1 aliphatic carbocycles. The lowest BCUT2D eigenvalue weighted by molar-refractivity contribution is 0.455. The fourth-order valence-corrected chi connectivity index (χ4v) is 3.85. The zero-order valence-electron chi connectivity index (χ0n) is 14.9. The number of anilines is 1. The lowest BCUT2D eigenvalue weighted by Crippen LogP contribution is -2.21. The predicted molar refractivity (Wildman–Crippen MR) is 101 cm³/mol. The predicted octanol–water partition coefficient (Wildman–Crippen LogP) is 5.54. The van der Waals surface area contributed by atoms with Crippen molar-refractivity contribution in [3.05, 3.63) is 70.8 Å². The van der Waals surface area contributed by atoms with Gasteiger partial charge in [0.2, 0.25) is 0 Å². The van der Waals surface area contributed by atoms with Gasteiger partial charge in [-0.1, -0.05) is 56.3 Å². The summed E-state index contributed by atoms with van der Waals surface area (Å²) in [5, 5.41) is 0. The molecule has 1 atom stereocenters. The van der Waals surface area contributed by atoms with E-state index >= 15 is 0 Å². The minimum absolute atomic E-state index is 0.154. The molecule has 23 heavy (non-hydrogen) atoms. The summed E-state index contributed by atoms with van der Waals surface area (Å²) in [6, 6.07) is 15.6. The molecule has 0 aliphatic heterocycles. The Morgan fingerprint density at radius 3 is 2.48 bits per heavy atom. The summed E-state index contributed by atoms with van der Waals surface area (Å²) in [6.07, 6.45) is 5.79. The molecule has 1 nitrogen and oxygen atoms in total. The highest BCUT2D eigenvalue weighted by molar-refractivity contribution is 5.62. The first kappa shape index (κ1) is 15.9. The van der Waals surface area contributed by atoms with E-state index in [0.29, 0.717) is 5.92 Å². The van der Waals surface area contributed by atoms with Crippen molar-refractivity contribution in [1.29, 1.82) is 0 Å². The van der Waals surface area contributed by atoms with Crippen LogP contribution in [-0.4, -0.2) is 14.1 Å². The van der Waals surface area contributed by atoms with Crippen LogP contribution in [0.2, 0.25) is 0 Å². The molecule has 0 heterocycles.